The number of benzene rings is 2. The van der Waals surface area contributed by atoms with Crippen molar-refractivity contribution in [1.29, 1.82) is 0 Å². The normalized spacial score (nSPS) is 15.4. The number of rotatable bonds is 2. The summed E-state index contributed by atoms with van der Waals surface area (Å²) in [7, 11) is 0. The summed E-state index contributed by atoms with van der Waals surface area (Å²) in [5.41, 5.74) is 11.8. The molecule has 2 aromatic carbocycles. The number of fused-ring (bicyclic) bond motifs is 1. The molecule has 0 bridgehead atoms. The molecule has 0 aromatic heterocycles. The van der Waals surface area contributed by atoms with Gasteiger partial charge in [-0.05, 0) is 76.2 Å². The highest BCUT2D eigenvalue weighted by molar-refractivity contribution is 14.1. The Labute approximate surface area is 122 Å². The van der Waals surface area contributed by atoms with Crippen LogP contribution in [0.1, 0.15) is 34.7 Å². The predicted molar refractivity (Wildman–Crippen MR) is 83.7 cm³/mol. The van der Waals surface area contributed by atoms with E-state index in [2.05, 4.69) is 65.1 Å². The number of halogens is 1. The van der Waals surface area contributed by atoms with Crippen molar-refractivity contribution >= 4 is 22.6 Å². The first-order valence-electron chi connectivity index (χ1n) is 6.37. The molecule has 2 heteroatoms. The zero-order valence-corrected chi connectivity index (χ0v) is 12.4. The van der Waals surface area contributed by atoms with E-state index in [9.17, 15) is 0 Å². The van der Waals surface area contributed by atoms with E-state index in [-0.39, 0.29) is 6.04 Å². The molecule has 2 N–H and O–H groups in total. The Morgan fingerprint density at radius 2 is 1.56 bits per heavy atom. The highest BCUT2D eigenvalue weighted by Crippen LogP contribution is 2.27. The van der Waals surface area contributed by atoms with Gasteiger partial charge in [-0.2, -0.15) is 0 Å². The second-order valence-electron chi connectivity index (χ2n) is 4.91. The van der Waals surface area contributed by atoms with E-state index in [1.165, 1.54) is 45.1 Å². The van der Waals surface area contributed by atoms with Gasteiger partial charge in [0, 0.05) is 3.57 Å². The second kappa shape index (κ2) is 5.02. The lowest BCUT2D eigenvalue weighted by Crippen LogP contribution is -2.12. The standard InChI is InChI=1S/C16H16IN/c17-15-8-6-12(7-9-15)16(18)14-5-4-11-2-1-3-13(11)10-14/h4-10,16H,1-3,18H2. The van der Waals surface area contributed by atoms with Crippen molar-refractivity contribution in [1.82, 2.24) is 0 Å². The summed E-state index contributed by atoms with van der Waals surface area (Å²) < 4.78 is 1.25. The van der Waals surface area contributed by atoms with E-state index in [1.807, 2.05) is 0 Å². The molecule has 0 fully saturated rings. The van der Waals surface area contributed by atoms with Crippen LogP contribution < -0.4 is 5.73 Å². The van der Waals surface area contributed by atoms with Crippen molar-refractivity contribution in [2.45, 2.75) is 25.3 Å². The molecule has 1 aliphatic rings. The summed E-state index contributed by atoms with van der Waals surface area (Å²) in [4.78, 5) is 0. The quantitative estimate of drug-likeness (QED) is 0.820. The van der Waals surface area contributed by atoms with Crippen molar-refractivity contribution < 1.29 is 0 Å². The molecular formula is C16H16IN. The van der Waals surface area contributed by atoms with Crippen LogP contribution in [-0.2, 0) is 12.8 Å². The van der Waals surface area contributed by atoms with E-state index in [4.69, 9.17) is 5.73 Å². The highest BCUT2D eigenvalue weighted by atomic mass is 127. The lowest BCUT2D eigenvalue weighted by molar-refractivity contribution is 0.867. The van der Waals surface area contributed by atoms with Crippen LogP contribution in [0.15, 0.2) is 42.5 Å². The van der Waals surface area contributed by atoms with Crippen molar-refractivity contribution in [2.24, 2.45) is 5.73 Å². The zero-order valence-electron chi connectivity index (χ0n) is 10.2. The molecule has 0 amide bonds. The molecular weight excluding hydrogens is 333 g/mol. The number of aryl methyl sites for hydroxylation is 2. The van der Waals surface area contributed by atoms with Crippen LogP contribution in [0.2, 0.25) is 0 Å². The second-order valence-corrected chi connectivity index (χ2v) is 6.16. The molecule has 1 nitrogen and oxygen atoms in total. The smallest absolute Gasteiger partial charge is 0.0551 e. The van der Waals surface area contributed by atoms with E-state index in [1.54, 1.807) is 0 Å². The van der Waals surface area contributed by atoms with Gasteiger partial charge in [0.05, 0.1) is 6.04 Å². The highest BCUT2D eigenvalue weighted by Gasteiger charge is 2.14. The van der Waals surface area contributed by atoms with Crippen molar-refractivity contribution in [3.63, 3.8) is 0 Å². The molecule has 92 valence electrons. The molecule has 1 aliphatic carbocycles. The van der Waals surface area contributed by atoms with Gasteiger partial charge in [-0.15, -0.1) is 0 Å². The molecule has 0 saturated carbocycles. The van der Waals surface area contributed by atoms with Crippen LogP contribution in [-0.4, -0.2) is 0 Å². The van der Waals surface area contributed by atoms with Gasteiger partial charge in [-0.25, -0.2) is 0 Å². The van der Waals surface area contributed by atoms with Gasteiger partial charge >= 0.3 is 0 Å². The third-order valence-corrected chi connectivity index (χ3v) is 4.43. The number of hydrogen-bond donors (Lipinski definition) is 1. The molecule has 0 saturated heterocycles. The van der Waals surface area contributed by atoms with Gasteiger partial charge in [0.15, 0.2) is 0 Å². The van der Waals surface area contributed by atoms with Gasteiger partial charge in [0.25, 0.3) is 0 Å². The Hall–Kier alpha value is -0.870. The molecule has 0 radical (unpaired) electrons. The monoisotopic (exact) mass is 349 g/mol. The van der Waals surface area contributed by atoms with E-state index in [0.29, 0.717) is 0 Å². The summed E-state index contributed by atoms with van der Waals surface area (Å²) in [5.74, 6) is 0. The van der Waals surface area contributed by atoms with Gasteiger partial charge in [0.2, 0.25) is 0 Å². The largest absolute Gasteiger partial charge is 0.320 e. The number of nitrogens with two attached hydrogens (primary N) is 1. The van der Waals surface area contributed by atoms with Crippen LogP contribution in [0.25, 0.3) is 0 Å². The first-order valence-corrected chi connectivity index (χ1v) is 7.44. The maximum atomic E-state index is 6.36. The summed E-state index contributed by atoms with van der Waals surface area (Å²) in [6.45, 7) is 0. The molecule has 0 heterocycles. The minimum absolute atomic E-state index is 0.00657. The van der Waals surface area contributed by atoms with Crippen LogP contribution in [0.4, 0.5) is 0 Å². The molecule has 3 rings (SSSR count). The van der Waals surface area contributed by atoms with E-state index >= 15 is 0 Å². The first kappa shape index (κ1) is 12.2. The Balaban J connectivity index is 1.92. The fraction of sp³-hybridized carbons (Fsp3) is 0.250. The van der Waals surface area contributed by atoms with Crippen LogP contribution in [0.3, 0.4) is 0 Å². The van der Waals surface area contributed by atoms with E-state index < -0.39 is 0 Å². The lowest BCUT2D eigenvalue weighted by atomic mass is 9.96. The molecule has 18 heavy (non-hydrogen) atoms. The van der Waals surface area contributed by atoms with Crippen LogP contribution >= 0.6 is 22.6 Å². The summed E-state index contributed by atoms with van der Waals surface area (Å²) in [5, 5.41) is 0. The minimum Gasteiger partial charge on any atom is -0.320 e. The van der Waals surface area contributed by atoms with E-state index in [0.717, 1.165) is 0 Å². The SMILES string of the molecule is NC(c1ccc(I)cc1)c1ccc2c(c1)CCC2. The maximum Gasteiger partial charge on any atom is 0.0551 e. The number of hydrogen-bond acceptors (Lipinski definition) is 1. The summed E-state index contributed by atoms with van der Waals surface area (Å²) in [6, 6.07) is 15.2. The molecule has 1 unspecified atom stereocenters. The topological polar surface area (TPSA) is 26.0 Å². The van der Waals surface area contributed by atoms with Crippen molar-refractivity contribution in [3.8, 4) is 0 Å². The average Bonchev–Trinajstić information content (AvgIpc) is 2.86. The van der Waals surface area contributed by atoms with Crippen molar-refractivity contribution in [2.75, 3.05) is 0 Å². The zero-order chi connectivity index (χ0) is 12.5. The minimum atomic E-state index is -0.00657. The van der Waals surface area contributed by atoms with Crippen molar-refractivity contribution in [3.05, 3.63) is 68.3 Å². The molecule has 1 atom stereocenters. The van der Waals surface area contributed by atoms with Gasteiger partial charge in [0.1, 0.15) is 0 Å². The molecule has 0 aliphatic heterocycles. The Kier molecular flexibility index (Phi) is 3.39. The summed E-state index contributed by atoms with van der Waals surface area (Å²) in [6.07, 6.45) is 3.73. The Morgan fingerprint density at radius 1 is 0.889 bits per heavy atom. The average molecular weight is 349 g/mol. The fourth-order valence-corrected chi connectivity index (χ4v) is 3.01. The molecule has 0 spiro atoms. The summed E-state index contributed by atoms with van der Waals surface area (Å²) >= 11 is 2.32. The molecule has 2 aromatic rings. The third-order valence-electron chi connectivity index (χ3n) is 3.71. The fourth-order valence-electron chi connectivity index (χ4n) is 2.65. The Bertz CT molecular complexity index is 560. The maximum absolute atomic E-state index is 6.36. The first-order chi connectivity index (χ1) is 8.74. The van der Waals surface area contributed by atoms with Crippen LogP contribution in [0.5, 0.6) is 0 Å². The van der Waals surface area contributed by atoms with Gasteiger partial charge in [-0.1, -0.05) is 30.3 Å². The van der Waals surface area contributed by atoms with Gasteiger partial charge < -0.3 is 5.73 Å². The Morgan fingerprint density at radius 3 is 2.33 bits per heavy atom. The predicted octanol–water partition coefficient (Wildman–Crippen LogP) is 3.83. The lowest BCUT2D eigenvalue weighted by Gasteiger charge is -2.14. The van der Waals surface area contributed by atoms with Gasteiger partial charge in [-0.3, -0.25) is 0 Å². The van der Waals surface area contributed by atoms with Crippen LogP contribution in [0, 0.1) is 3.57 Å². The third kappa shape index (κ3) is 2.31.